The van der Waals surface area contributed by atoms with E-state index in [0.717, 1.165) is 5.92 Å². The lowest BCUT2D eigenvalue weighted by molar-refractivity contribution is -0.0734. The Bertz CT molecular complexity index is 136. The van der Waals surface area contributed by atoms with Crippen molar-refractivity contribution in [2.45, 2.75) is 59.7 Å². The molecule has 0 aromatic rings. The van der Waals surface area contributed by atoms with Crippen LogP contribution in [0.4, 0.5) is 0 Å². The van der Waals surface area contributed by atoms with Crippen LogP contribution < -0.4 is 0 Å². The van der Waals surface area contributed by atoms with Crippen molar-refractivity contribution >= 4 is 0 Å². The standard InChI is InChI=1S/C11H22O/c1-8-6-10(11(3,4)5)7-9(2)12-8/h8-10H,6-7H2,1-5H3/t8-,9+,10?. The predicted molar refractivity (Wildman–Crippen MR) is 52.2 cm³/mol. The van der Waals surface area contributed by atoms with E-state index >= 15 is 0 Å². The zero-order valence-electron chi connectivity index (χ0n) is 9.05. The second kappa shape index (κ2) is 3.37. The molecule has 0 spiro atoms. The van der Waals surface area contributed by atoms with Gasteiger partial charge in [-0.15, -0.1) is 0 Å². The summed E-state index contributed by atoms with van der Waals surface area (Å²) in [5, 5.41) is 0. The van der Waals surface area contributed by atoms with Crippen LogP contribution in [0.1, 0.15) is 47.5 Å². The van der Waals surface area contributed by atoms with Crippen molar-refractivity contribution in [3.8, 4) is 0 Å². The third-order valence-electron chi connectivity index (χ3n) is 2.92. The molecule has 1 fully saturated rings. The molecule has 1 unspecified atom stereocenters. The Hall–Kier alpha value is -0.0400. The van der Waals surface area contributed by atoms with Crippen LogP contribution in [0, 0.1) is 11.3 Å². The Morgan fingerprint density at radius 1 is 1.00 bits per heavy atom. The Labute approximate surface area is 76.5 Å². The SMILES string of the molecule is C[C@@H]1CC(C(C)(C)C)C[C@H](C)O1. The molecule has 1 nitrogen and oxygen atoms in total. The summed E-state index contributed by atoms with van der Waals surface area (Å²) in [5.41, 5.74) is 0.451. The van der Waals surface area contributed by atoms with Gasteiger partial charge in [-0.05, 0) is 38.0 Å². The minimum Gasteiger partial charge on any atom is -0.376 e. The monoisotopic (exact) mass is 170 g/mol. The van der Waals surface area contributed by atoms with Crippen molar-refractivity contribution < 1.29 is 4.74 Å². The highest BCUT2D eigenvalue weighted by molar-refractivity contribution is 4.81. The van der Waals surface area contributed by atoms with Crippen LogP contribution >= 0.6 is 0 Å². The van der Waals surface area contributed by atoms with Gasteiger partial charge >= 0.3 is 0 Å². The Morgan fingerprint density at radius 3 is 1.75 bits per heavy atom. The molecule has 1 heteroatoms. The molecule has 12 heavy (non-hydrogen) atoms. The van der Waals surface area contributed by atoms with E-state index in [-0.39, 0.29) is 0 Å². The molecule has 0 aromatic heterocycles. The summed E-state index contributed by atoms with van der Waals surface area (Å²) in [6, 6.07) is 0. The summed E-state index contributed by atoms with van der Waals surface area (Å²) in [6.07, 6.45) is 3.37. The highest BCUT2D eigenvalue weighted by Crippen LogP contribution is 2.37. The van der Waals surface area contributed by atoms with Gasteiger partial charge in [-0.25, -0.2) is 0 Å². The van der Waals surface area contributed by atoms with E-state index in [0.29, 0.717) is 17.6 Å². The van der Waals surface area contributed by atoms with E-state index in [1.165, 1.54) is 12.8 Å². The summed E-state index contributed by atoms with van der Waals surface area (Å²) in [5.74, 6) is 0.830. The lowest BCUT2D eigenvalue weighted by atomic mass is 9.74. The Kier molecular flexibility index (Phi) is 2.82. The maximum absolute atomic E-state index is 5.71. The Morgan fingerprint density at radius 2 is 1.42 bits per heavy atom. The van der Waals surface area contributed by atoms with Crippen molar-refractivity contribution in [3.63, 3.8) is 0 Å². The van der Waals surface area contributed by atoms with Crippen molar-refractivity contribution in [1.82, 2.24) is 0 Å². The number of hydrogen-bond acceptors (Lipinski definition) is 1. The molecule has 0 radical (unpaired) electrons. The molecule has 0 aromatic carbocycles. The molecule has 3 atom stereocenters. The van der Waals surface area contributed by atoms with Gasteiger partial charge in [-0.3, -0.25) is 0 Å². The average Bonchev–Trinajstić information content (AvgIpc) is 1.82. The average molecular weight is 170 g/mol. The fraction of sp³-hybridized carbons (Fsp3) is 1.00. The molecular weight excluding hydrogens is 148 g/mol. The second-order valence-corrected chi connectivity index (χ2v) is 5.29. The van der Waals surface area contributed by atoms with Crippen LogP contribution in [-0.2, 0) is 4.74 Å². The molecule has 1 heterocycles. The van der Waals surface area contributed by atoms with Crippen LogP contribution in [0.2, 0.25) is 0 Å². The molecule has 0 aliphatic carbocycles. The first-order valence-electron chi connectivity index (χ1n) is 5.05. The smallest absolute Gasteiger partial charge is 0.0553 e. The van der Waals surface area contributed by atoms with Gasteiger partial charge in [-0.1, -0.05) is 20.8 Å². The Balaban J connectivity index is 2.55. The summed E-state index contributed by atoms with van der Waals surface area (Å²) in [7, 11) is 0. The molecule has 0 N–H and O–H groups in total. The molecular formula is C11H22O. The summed E-state index contributed by atoms with van der Waals surface area (Å²) in [4.78, 5) is 0. The summed E-state index contributed by atoms with van der Waals surface area (Å²) < 4.78 is 5.71. The predicted octanol–water partition coefficient (Wildman–Crippen LogP) is 3.24. The minimum atomic E-state index is 0.451. The molecule has 72 valence electrons. The van der Waals surface area contributed by atoms with Gasteiger partial charge in [0, 0.05) is 0 Å². The first kappa shape index (κ1) is 10.0. The lowest BCUT2D eigenvalue weighted by Crippen LogP contribution is -2.35. The van der Waals surface area contributed by atoms with Gasteiger partial charge in [0.25, 0.3) is 0 Å². The summed E-state index contributed by atoms with van der Waals surface area (Å²) in [6.45, 7) is 11.4. The van der Waals surface area contributed by atoms with Crippen LogP contribution in [-0.4, -0.2) is 12.2 Å². The zero-order chi connectivity index (χ0) is 9.35. The van der Waals surface area contributed by atoms with Gasteiger partial charge in [0.1, 0.15) is 0 Å². The van der Waals surface area contributed by atoms with Crippen LogP contribution in [0.5, 0.6) is 0 Å². The molecule has 0 bridgehead atoms. The van der Waals surface area contributed by atoms with Gasteiger partial charge in [0.2, 0.25) is 0 Å². The third kappa shape index (κ3) is 2.48. The van der Waals surface area contributed by atoms with Crippen molar-refractivity contribution in [2.24, 2.45) is 11.3 Å². The number of ether oxygens (including phenoxy) is 1. The maximum Gasteiger partial charge on any atom is 0.0553 e. The largest absolute Gasteiger partial charge is 0.376 e. The molecule has 0 amide bonds. The van der Waals surface area contributed by atoms with Crippen molar-refractivity contribution in [3.05, 3.63) is 0 Å². The topological polar surface area (TPSA) is 9.23 Å². The van der Waals surface area contributed by atoms with Gasteiger partial charge in [0.05, 0.1) is 12.2 Å². The summed E-state index contributed by atoms with van der Waals surface area (Å²) >= 11 is 0. The maximum atomic E-state index is 5.71. The van der Waals surface area contributed by atoms with Gasteiger partial charge in [0.15, 0.2) is 0 Å². The molecule has 1 rings (SSSR count). The van der Waals surface area contributed by atoms with Crippen LogP contribution in [0.25, 0.3) is 0 Å². The van der Waals surface area contributed by atoms with E-state index in [9.17, 15) is 0 Å². The first-order chi connectivity index (χ1) is 5.39. The van der Waals surface area contributed by atoms with Crippen molar-refractivity contribution in [2.75, 3.05) is 0 Å². The highest BCUT2D eigenvalue weighted by Gasteiger charge is 2.32. The van der Waals surface area contributed by atoms with E-state index in [1.807, 2.05) is 0 Å². The van der Waals surface area contributed by atoms with Crippen LogP contribution in [0.3, 0.4) is 0 Å². The van der Waals surface area contributed by atoms with Gasteiger partial charge in [-0.2, -0.15) is 0 Å². The van der Waals surface area contributed by atoms with E-state index in [2.05, 4.69) is 34.6 Å². The van der Waals surface area contributed by atoms with Crippen molar-refractivity contribution in [1.29, 1.82) is 0 Å². The van der Waals surface area contributed by atoms with E-state index < -0.39 is 0 Å². The number of rotatable bonds is 0. The fourth-order valence-electron chi connectivity index (χ4n) is 2.11. The third-order valence-corrected chi connectivity index (χ3v) is 2.92. The first-order valence-corrected chi connectivity index (χ1v) is 5.05. The second-order valence-electron chi connectivity index (χ2n) is 5.29. The molecule has 0 saturated carbocycles. The van der Waals surface area contributed by atoms with Crippen LogP contribution in [0.15, 0.2) is 0 Å². The molecule has 1 saturated heterocycles. The highest BCUT2D eigenvalue weighted by atomic mass is 16.5. The lowest BCUT2D eigenvalue weighted by Gasteiger charge is -2.39. The van der Waals surface area contributed by atoms with E-state index in [1.54, 1.807) is 0 Å². The quantitative estimate of drug-likeness (QED) is 0.542. The van der Waals surface area contributed by atoms with Gasteiger partial charge < -0.3 is 4.74 Å². The zero-order valence-corrected chi connectivity index (χ0v) is 9.05. The fourth-order valence-corrected chi connectivity index (χ4v) is 2.11. The number of hydrogen-bond donors (Lipinski definition) is 0. The normalized spacial score (nSPS) is 38.2. The minimum absolute atomic E-state index is 0.451. The molecule has 1 aliphatic heterocycles. The molecule has 1 aliphatic rings. The van der Waals surface area contributed by atoms with E-state index in [4.69, 9.17) is 4.74 Å².